The van der Waals surface area contributed by atoms with Crippen LogP contribution < -0.4 is 4.72 Å². The fraction of sp³-hybridized carbons (Fsp3) is 0.231. The Morgan fingerprint density at radius 2 is 1.80 bits per heavy atom. The second-order valence-electron chi connectivity index (χ2n) is 4.31. The topological polar surface area (TPSA) is 59.3 Å². The van der Waals surface area contributed by atoms with E-state index in [1.165, 1.54) is 0 Å². The monoisotopic (exact) mass is 301 g/mol. The Morgan fingerprint density at radius 1 is 1.20 bits per heavy atom. The van der Waals surface area contributed by atoms with Gasteiger partial charge in [-0.25, -0.2) is 21.9 Å². The molecule has 0 spiro atoms. The molecule has 4 nitrogen and oxygen atoms in total. The number of aryl methyl sites for hydroxylation is 2. The number of nitrogens with one attached hydrogen (secondary N) is 1. The molecule has 1 aromatic heterocycles. The summed E-state index contributed by atoms with van der Waals surface area (Å²) in [6, 6.07) is 4.55. The molecule has 0 saturated heterocycles. The number of halogens is 2. The molecule has 2 rings (SSSR count). The van der Waals surface area contributed by atoms with Crippen LogP contribution in [-0.2, 0) is 16.6 Å². The smallest absolute Gasteiger partial charge is 0.246 e. The lowest BCUT2D eigenvalue weighted by molar-refractivity contribution is 0.499. The zero-order chi connectivity index (χ0) is 14.9. The first-order valence-corrected chi connectivity index (χ1v) is 7.29. The van der Waals surface area contributed by atoms with Gasteiger partial charge >= 0.3 is 0 Å². The minimum Gasteiger partial charge on any atom is -0.466 e. The zero-order valence-corrected chi connectivity index (χ0v) is 11.7. The first-order valence-electron chi connectivity index (χ1n) is 5.81. The Labute approximate surface area is 115 Å². The quantitative estimate of drug-likeness (QED) is 0.944. The Balaban J connectivity index is 2.26. The average Bonchev–Trinajstić information content (AvgIpc) is 2.65. The molecule has 0 atom stereocenters. The first-order chi connectivity index (χ1) is 9.31. The van der Waals surface area contributed by atoms with Crippen molar-refractivity contribution in [1.29, 1.82) is 0 Å². The Kier molecular flexibility index (Phi) is 3.92. The maximum Gasteiger partial charge on any atom is 0.246 e. The number of hydrogen-bond acceptors (Lipinski definition) is 3. The fourth-order valence-electron chi connectivity index (χ4n) is 1.84. The summed E-state index contributed by atoms with van der Waals surface area (Å²) in [7, 11) is -4.27. The van der Waals surface area contributed by atoms with Crippen molar-refractivity contribution in [1.82, 2.24) is 4.72 Å². The van der Waals surface area contributed by atoms with Gasteiger partial charge in [-0.05, 0) is 32.0 Å². The predicted octanol–water partition coefficient (Wildman–Crippen LogP) is 2.65. The molecule has 1 N–H and O–H groups in total. The van der Waals surface area contributed by atoms with Crippen molar-refractivity contribution in [2.75, 3.05) is 0 Å². The van der Waals surface area contributed by atoms with Crippen LogP contribution in [-0.4, -0.2) is 8.42 Å². The second-order valence-corrected chi connectivity index (χ2v) is 6.02. The van der Waals surface area contributed by atoms with Crippen LogP contribution in [0.25, 0.3) is 0 Å². The molecule has 1 heterocycles. The number of hydrogen-bond donors (Lipinski definition) is 1. The molecular formula is C13H13F2NO3S. The lowest BCUT2D eigenvalue weighted by Gasteiger charge is -2.08. The third kappa shape index (κ3) is 2.88. The summed E-state index contributed by atoms with van der Waals surface area (Å²) in [4.78, 5) is -0.974. The van der Waals surface area contributed by atoms with E-state index >= 15 is 0 Å². The summed E-state index contributed by atoms with van der Waals surface area (Å²) in [5.74, 6) is -1.07. The highest BCUT2D eigenvalue weighted by Crippen LogP contribution is 2.19. The molecule has 108 valence electrons. The molecule has 1 aromatic carbocycles. The highest BCUT2D eigenvalue weighted by atomic mass is 32.2. The molecule has 0 amide bonds. The van der Waals surface area contributed by atoms with Gasteiger partial charge < -0.3 is 4.42 Å². The van der Waals surface area contributed by atoms with Crippen molar-refractivity contribution in [2.24, 2.45) is 0 Å². The van der Waals surface area contributed by atoms with Crippen LogP contribution >= 0.6 is 0 Å². The van der Waals surface area contributed by atoms with E-state index in [2.05, 4.69) is 4.72 Å². The van der Waals surface area contributed by atoms with Crippen LogP contribution in [0.2, 0.25) is 0 Å². The molecule has 0 unspecified atom stereocenters. The van der Waals surface area contributed by atoms with Crippen LogP contribution in [0.3, 0.4) is 0 Å². The van der Waals surface area contributed by atoms with E-state index in [9.17, 15) is 17.2 Å². The predicted molar refractivity (Wildman–Crippen MR) is 68.6 cm³/mol. The molecule has 0 aliphatic heterocycles. The second kappa shape index (κ2) is 5.34. The van der Waals surface area contributed by atoms with E-state index in [1.54, 1.807) is 19.9 Å². The van der Waals surface area contributed by atoms with Crippen LogP contribution in [0.15, 0.2) is 33.6 Å². The molecule has 0 fully saturated rings. The van der Waals surface area contributed by atoms with Crippen molar-refractivity contribution < 1.29 is 21.6 Å². The van der Waals surface area contributed by atoms with Crippen LogP contribution in [0, 0.1) is 25.5 Å². The summed E-state index contributed by atoms with van der Waals surface area (Å²) in [5, 5.41) is 0. The molecular weight excluding hydrogens is 288 g/mol. The van der Waals surface area contributed by atoms with Gasteiger partial charge in [0.05, 0.1) is 0 Å². The summed E-state index contributed by atoms with van der Waals surface area (Å²) < 4.78 is 58.3. The van der Waals surface area contributed by atoms with Gasteiger partial charge in [0.1, 0.15) is 23.2 Å². The molecule has 7 heteroatoms. The van der Waals surface area contributed by atoms with Gasteiger partial charge in [-0.2, -0.15) is 0 Å². The summed E-state index contributed by atoms with van der Waals surface area (Å²) >= 11 is 0. The van der Waals surface area contributed by atoms with E-state index in [1.807, 2.05) is 0 Å². The fourth-order valence-corrected chi connectivity index (χ4v) is 2.98. The normalized spacial score (nSPS) is 11.8. The van der Waals surface area contributed by atoms with Crippen molar-refractivity contribution in [3.63, 3.8) is 0 Å². The molecule has 0 bridgehead atoms. The van der Waals surface area contributed by atoms with E-state index in [0.717, 1.165) is 18.2 Å². The van der Waals surface area contributed by atoms with Crippen LogP contribution in [0.5, 0.6) is 0 Å². The lowest BCUT2D eigenvalue weighted by Crippen LogP contribution is -2.25. The van der Waals surface area contributed by atoms with E-state index in [0.29, 0.717) is 17.1 Å². The first kappa shape index (κ1) is 14.7. The Hall–Kier alpha value is -1.73. The summed E-state index contributed by atoms with van der Waals surface area (Å²) in [5.41, 5.74) is 0.614. The molecule has 0 aliphatic carbocycles. The summed E-state index contributed by atoms with van der Waals surface area (Å²) in [6.07, 6.45) is 0. The van der Waals surface area contributed by atoms with E-state index in [-0.39, 0.29) is 6.54 Å². The average molecular weight is 301 g/mol. The number of sulfonamides is 1. The Bertz CT molecular complexity index is 718. The van der Waals surface area contributed by atoms with Crippen molar-refractivity contribution in [3.05, 3.63) is 53.0 Å². The molecule has 20 heavy (non-hydrogen) atoms. The van der Waals surface area contributed by atoms with Crippen LogP contribution in [0.1, 0.15) is 17.1 Å². The number of benzene rings is 1. The minimum absolute atomic E-state index is 0.0979. The summed E-state index contributed by atoms with van der Waals surface area (Å²) in [6.45, 7) is 3.31. The minimum atomic E-state index is -4.27. The number of rotatable bonds is 4. The van der Waals surface area contributed by atoms with Crippen molar-refractivity contribution in [2.45, 2.75) is 25.3 Å². The van der Waals surface area contributed by atoms with Crippen molar-refractivity contribution >= 4 is 10.0 Å². The maximum atomic E-state index is 13.5. The molecule has 0 radical (unpaired) electrons. The lowest BCUT2D eigenvalue weighted by atomic mass is 10.2. The molecule has 2 aromatic rings. The highest BCUT2D eigenvalue weighted by Gasteiger charge is 2.23. The van der Waals surface area contributed by atoms with Crippen molar-refractivity contribution in [3.8, 4) is 0 Å². The van der Waals surface area contributed by atoms with E-state index in [4.69, 9.17) is 4.42 Å². The van der Waals surface area contributed by atoms with Gasteiger partial charge in [0.15, 0.2) is 4.90 Å². The largest absolute Gasteiger partial charge is 0.466 e. The third-order valence-corrected chi connectivity index (χ3v) is 4.24. The zero-order valence-electron chi connectivity index (χ0n) is 10.9. The van der Waals surface area contributed by atoms with Gasteiger partial charge in [0, 0.05) is 12.1 Å². The third-order valence-electron chi connectivity index (χ3n) is 2.78. The number of furan rings is 1. The Morgan fingerprint density at radius 3 is 2.30 bits per heavy atom. The standard InChI is InChI=1S/C13H13F2NO3S/c1-8-6-10(9(2)19-8)7-16-20(17,18)13-11(14)4-3-5-12(13)15/h3-6,16H,7H2,1-2H3. The SMILES string of the molecule is Cc1cc(CNS(=O)(=O)c2c(F)cccc2F)c(C)o1. The van der Waals surface area contributed by atoms with Gasteiger partial charge in [-0.1, -0.05) is 6.07 Å². The van der Waals surface area contributed by atoms with Crippen LogP contribution in [0.4, 0.5) is 8.78 Å². The van der Waals surface area contributed by atoms with Gasteiger partial charge in [-0.15, -0.1) is 0 Å². The van der Waals surface area contributed by atoms with Gasteiger partial charge in [-0.3, -0.25) is 0 Å². The van der Waals surface area contributed by atoms with Gasteiger partial charge in [0.25, 0.3) is 0 Å². The van der Waals surface area contributed by atoms with E-state index < -0.39 is 26.6 Å². The highest BCUT2D eigenvalue weighted by molar-refractivity contribution is 7.89. The molecule has 0 saturated carbocycles. The van der Waals surface area contributed by atoms with Gasteiger partial charge in [0.2, 0.25) is 10.0 Å². The molecule has 0 aliphatic rings. The maximum absolute atomic E-state index is 13.5.